The monoisotopic (exact) mass is 421 g/mol. The van der Waals surface area contributed by atoms with E-state index in [1.54, 1.807) is 13.2 Å². The second-order valence-corrected chi connectivity index (χ2v) is 6.91. The summed E-state index contributed by atoms with van der Waals surface area (Å²) in [5, 5.41) is 0. The molecular formula is C20H27N3O7. The summed E-state index contributed by atoms with van der Waals surface area (Å²) in [6, 6.07) is 4.74. The molecule has 2 rings (SSSR count). The zero-order valence-corrected chi connectivity index (χ0v) is 17.4. The van der Waals surface area contributed by atoms with Gasteiger partial charge in [-0.15, -0.1) is 0 Å². The number of ether oxygens (including phenoxy) is 3. The van der Waals surface area contributed by atoms with E-state index in [9.17, 15) is 19.2 Å². The second kappa shape index (κ2) is 11.1. The van der Waals surface area contributed by atoms with Gasteiger partial charge in [0.1, 0.15) is 6.04 Å². The molecule has 2 atom stereocenters. The zero-order chi connectivity index (χ0) is 22.1. The van der Waals surface area contributed by atoms with Crippen molar-refractivity contribution in [3.63, 3.8) is 0 Å². The predicted molar refractivity (Wildman–Crippen MR) is 104 cm³/mol. The Balaban J connectivity index is 1.79. The lowest BCUT2D eigenvalue weighted by Crippen LogP contribution is -2.44. The Hall–Kier alpha value is -3.17. The molecule has 2 heterocycles. The minimum absolute atomic E-state index is 0.365. The summed E-state index contributed by atoms with van der Waals surface area (Å²) >= 11 is 0. The molecule has 1 aliphatic rings. The molecule has 0 spiro atoms. The Morgan fingerprint density at radius 3 is 2.70 bits per heavy atom. The molecule has 1 unspecified atom stereocenters. The van der Waals surface area contributed by atoms with Crippen molar-refractivity contribution in [2.75, 3.05) is 26.7 Å². The highest BCUT2D eigenvalue weighted by molar-refractivity contribution is 5.86. The fraction of sp³-hybridized carbons (Fsp3) is 0.550. The first-order valence-electron chi connectivity index (χ1n) is 9.73. The maximum Gasteiger partial charge on any atom is 0.412 e. The van der Waals surface area contributed by atoms with Crippen LogP contribution < -0.4 is 0 Å². The van der Waals surface area contributed by atoms with E-state index in [1.807, 2.05) is 18.2 Å². The van der Waals surface area contributed by atoms with Gasteiger partial charge in [0.2, 0.25) is 6.29 Å². The highest BCUT2D eigenvalue weighted by atomic mass is 16.7. The highest BCUT2D eigenvalue weighted by Crippen LogP contribution is 2.19. The van der Waals surface area contributed by atoms with Crippen LogP contribution >= 0.6 is 0 Å². The van der Waals surface area contributed by atoms with Crippen molar-refractivity contribution in [3.8, 4) is 0 Å². The van der Waals surface area contributed by atoms with Crippen molar-refractivity contribution in [2.45, 2.75) is 45.4 Å². The molecule has 10 nitrogen and oxygen atoms in total. The first-order valence-corrected chi connectivity index (χ1v) is 9.73. The van der Waals surface area contributed by atoms with Gasteiger partial charge in [0.15, 0.2) is 6.61 Å². The van der Waals surface area contributed by atoms with E-state index < -0.39 is 42.9 Å². The van der Waals surface area contributed by atoms with Crippen LogP contribution in [0.2, 0.25) is 0 Å². The number of carbonyl (C=O) groups excluding carboxylic acids is 4. The van der Waals surface area contributed by atoms with Crippen molar-refractivity contribution in [1.29, 1.82) is 0 Å². The van der Waals surface area contributed by atoms with E-state index >= 15 is 0 Å². The molecule has 2 amide bonds. The van der Waals surface area contributed by atoms with Crippen LogP contribution in [0.4, 0.5) is 4.79 Å². The lowest BCUT2D eigenvalue weighted by atomic mass is 10.2. The molecule has 0 bridgehead atoms. The minimum atomic E-state index is -1.12. The van der Waals surface area contributed by atoms with E-state index in [4.69, 9.17) is 14.2 Å². The third-order valence-corrected chi connectivity index (χ3v) is 4.53. The number of likely N-dealkylation sites (tertiary alicyclic amines) is 1. The number of amides is 2. The van der Waals surface area contributed by atoms with Gasteiger partial charge in [0.25, 0.3) is 5.91 Å². The Labute approximate surface area is 175 Å². The summed E-state index contributed by atoms with van der Waals surface area (Å²) in [5.74, 6) is -1.71. The Morgan fingerprint density at radius 1 is 1.27 bits per heavy atom. The molecule has 1 fully saturated rings. The van der Waals surface area contributed by atoms with E-state index in [2.05, 4.69) is 4.98 Å². The fourth-order valence-electron chi connectivity index (χ4n) is 2.97. The first kappa shape index (κ1) is 23.1. The number of aromatic nitrogens is 1. The molecule has 1 aromatic rings. The summed E-state index contributed by atoms with van der Waals surface area (Å²) in [4.78, 5) is 54.5. The summed E-state index contributed by atoms with van der Waals surface area (Å²) in [5.41, 5.74) is 0.844. The standard InChI is InChI=1S/C20H27N3O7/c1-14(24)28-13-18(25)23-11-6-8-17(23)19(26)29-15(2)30-20(27)22(3)12-9-16-7-4-5-10-21-16/h4-5,7,10,15,17H,6,8-9,11-13H2,1-3H3/t15?,17-/m0/s1. The third-order valence-electron chi connectivity index (χ3n) is 4.53. The molecule has 0 aliphatic carbocycles. The minimum Gasteiger partial charge on any atom is -0.456 e. The van der Waals surface area contributed by atoms with Crippen molar-refractivity contribution >= 4 is 23.9 Å². The van der Waals surface area contributed by atoms with E-state index in [-0.39, 0.29) is 0 Å². The average molecular weight is 421 g/mol. The average Bonchev–Trinajstić information content (AvgIpc) is 3.21. The van der Waals surface area contributed by atoms with Crippen LogP contribution in [0, 0.1) is 0 Å². The zero-order valence-electron chi connectivity index (χ0n) is 17.4. The van der Waals surface area contributed by atoms with Crippen molar-refractivity contribution in [3.05, 3.63) is 30.1 Å². The number of hydrogen-bond donors (Lipinski definition) is 0. The quantitative estimate of drug-likeness (QED) is 0.453. The largest absolute Gasteiger partial charge is 0.456 e. The maximum absolute atomic E-state index is 12.4. The molecule has 0 N–H and O–H groups in total. The Morgan fingerprint density at radius 2 is 2.03 bits per heavy atom. The first-order chi connectivity index (χ1) is 14.3. The van der Waals surface area contributed by atoms with Gasteiger partial charge >= 0.3 is 18.0 Å². The predicted octanol–water partition coefficient (Wildman–Crippen LogP) is 1.14. The van der Waals surface area contributed by atoms with Crippen LogP contribution in [0.5, 0.6) is 0 Å². The maximum atomic E-state index is 12.4. The van der Waals surface area contributed by atoms with Gasteiger partial charge in [-0.3, -0.25) is 14.6 Å². The van der Waals surface area contributed by atoms with Crippen LogP contribution in [0.3, 0.4) is 0 Å². The summed E-state index contributed by atoms with van der Waals surface area (Å²) in [6.45, 7) is 2.96. The normalized spacial score (nSPS) is 16.5. The van der Waals surface area contributed by atoms with E-state index in [1.165, 1.54) is 23.6 Å². The molecule has 0 saturated carbocycles. The van der Waals surface area contributed by atoms with Gasteiger partial charge in [-0.05, 0) is 25.0 Å². The third kappa shape index (κ3) is 7.02. The highest BCUT2D eigenvalue weighted by Gasteiger charge is 2.36. The van der Waals surface area contributed by atoms with Crippen molar-refractivity contribution in [2.24, 2.45) is 0 Å². The lowest BCUT2D eigenvalue weighted by molar-refractivity contribution is -0.173. The molecule has 0 aromatic carbocycles. The fourth-order valence-corrected chi connectivity index (χ4v) is 2.97. The van der Waals surface area contributed by atoms with Crippen molar-refractivity contribution in [1.82, 2.24) is 14.8 Å². The number of likely N-dealkylation sites (N-methyl/N-ethyl adjacent to an activating group) is 1. The Bertz CT molecular complexity index is 756. The van der Waals surface area contributed by atoms with E-state index in [0.29, 0.717) is 32.4 Å². The summed E-state index contributed by atoms with van der Waals surface area (Å²) < 4.78 is 15.1. The lowest BCUT2D eigenvalue weighted by Gasteiger charge is -2.25. The van der Waals surface area contributed by atoms with Gasteiger partial charge < -0.3 is 24.0 Å². The number of hydrogen-bond acceptors (Lipinski definition) is 8. The molecule has 10 heteroatoms. The topological polar surface area (TPSA) is 115 Å². The Kier molecular flexibility index (Phi) is 8.57. The number of nitrogens with zero attached hydrogens (tertiary/aromatic N) is 3. The second-order valence-electron chi connectivity index (χ2n) is 6.91. The van der Waals surface area contributed by atoms with Crippen LogP contribution in [0.15, 0.2) is 24.4 Å². The van der Waals surface area contributed by atoms with Crippen LogP contribution in [-0.2, 0) is 35.0 Å². The summed E-state index contributed by atoms with van der Waals surface area (Å²) in [6.07, 6.45) is 1.53. The van der Waals surface area contributed by atoms with Crippen LogP contribution in [-0.4, -0.2) is 77.8 Å². The molecule has 164 valence electrons. The number of rotatable bonds is 8. The molecular weight excluding hydrogens is 394 g/mol. The van der Waals surface area contributed by atoms with Gasteiger partial charge in [-0.2, -0.15) is 0 Å². The van der Waals surface area contributed by atoms with Crippen LogP contribution in [0.1, 0.15) is 32.4 Å². The smallest absolute Gasteiger partial charge is 0.412 e. The molecule has 0 radical (unpaired) electrons. The SMILES string of the molecule is CC(=O)OCC(=O)N1CCC[C@H]1C(=O)OC(C)OC(=O)N(C)CCc1ccccn1. The van der Waals surface area contributed by atoms with Crippen LogP contribution in [0.25, 0.3) is 0 Å². The van der Waals surface area contributed by atoms with Crippen molar-refractivity contribution < 1.29 is 33.4 Å². The molecule has 1 saturated heterocycles. The number of esters is 2. The van der Waals surface area contributed by atoms with Gasteiger partial charge in [-0.1, -0.05) is 6.07 Å². The van der Waals surface area contributed by atoms with E-state index in [0.717, 1.165) is 5.69 Å². The van der Waals surface area contributed by atoms with Gasteiger partial charge in [0.05, 0.1) is 0 Å². The molecule has 1 aliphatic heterocycles. The molecule has 30 heavy (non-hydrogen) atoms. The van der Waals surface area contributed by atoms with Gasteiger partial charge in [0, 0.05) is 52.3 Å². The number of carbonyl (C=O) groups is 4. The number of pyridine rings is 1. The van der Waals surface area contributed by atoms with Gasteiger partial charge in [-0.25, -0.2) is 9.59 Å². The summed E-state index contributed by atoms with van der Waals surface area (Å²) in [7, 11) is 1.58. The molecule has 1 aromatic heterocycles.